The topological polar surface area (TPSA) is 69.0 Å². The summed E-state index contributed by atoms with van der Waals surface area (Å²) in [4.78, 5) is 22.4. The minimum absolute atomic E-state index is 0.204. The van der Waals surface area contributed by atoms with Gasteiger partial charge in [-0.25, -0.2) is 13.8 Å². The number of fused-ring (bicyclic) bond motifs is 1. The summed E-state index contributed by atoms with van der Waals surface area (Å²) >= 11 is 0. The molecule has 0 saturated carbocycles. The monoisotopic (exact) mass is 434 g/mol. The molecule has 32 heavy (non-hydrogen) atoms. The summed E-state index contributed by atoms with van der Waals surface area (Å²) in [7, 11) is 0. The fourth-order valence-electron chi connectivity index (χ4n) is 3.85. The van der Waals surface area contributed by atoms with Crippen molar-refractivity contribution < 1.29 is 18.3 Å². The number of rotatable bonds is 5. The summed E-state index contributed by atoms with van der Waals surface area (Å²) in [5.74, 6) is -0.652. The number of hydrogen-bond acceptors (Lipinski definition) is 5. The van der Waals surface area contributed by atoms with Gasteiger partial charge in [0.15, 0.2) is 5.65 Å². The van der Waals surface area contributed by atoms with Crippen LogP contribution in [0.3, 0.4) is 0 Å². The van der Waals surface area contributed by atoms with Crippen molar-refractivity contribution in [1.82, 2.24) is 14.5 Å². The predicted octanol–water partition coefficient (Wildman–Crippen LogP) is 4.52. The minimum Gasteiger partial charge on any atom is -0.381 e. The molecule has 1 fully saturated rings. The van der Waals surface area contributed by atoms with Crippen molar-refractivity contribution in [3.63, 3.8) is 0 Å². The smallest absolute Gasteiger partial charge is 0.224 e. The van der Waals surface area contributed by atoms with Crippen LogP contribution in [-0.4, -0.2) is 39.6 Å². The Morgan fingerprint density at radius 1 is 1.00 bits per heavy atom. The molecule has 0 spiro atoms. The normalized spacial score (nSPS) is 14.6. The first kappa shape index (κ1) is 20.3. The number of carbonyl (C=O) groups is 1. The number of hydrogen-bond donors (Lipinski definition) is 1. The highest BCUT2D eigenvalue weighted by atomic mass is 19.1. The maximum atomic E-state index is 13.6. The van der Waals surface area contributed by atoms with Gasteiger partial charge in [-0.3, -0.25) is 9.36 Å². The fourth-order valence-corrected chi connectivity index (χ4v) is 3.85. The lowest BCUT2D eigenvalue weighted by atomic mass is 10.1. The first-order valence-corrected chi connectivity index (χ1v) is 10.4. The second-order valence-corrected chi connectivity index (χ2v) is 7.68. The predicted molar refractivity (Wildman–Crippen MR) is 116 cm³/mol. The van der Waals surface area contributed by atoms with Crippen molar-refractivity contribution in [2.45, 2.75) is 18.9 Å². The highest BCUT2D eigenvalue weighted by molar-refractivity contribution is 6.10. The van der Waals surface area contributed by atoms with Crippen molar-refractivity contribution >= 4 is 22.8 Å². The van der Waals surface area contributed by atoms with E-state index in [1.807, 2.05) is 0 Å². The molecule has 0 aliphatic carbocycles. The zero-order chi connectivity index (χ0) is 22.1. The van der Waals surface area contributed by atoms with Gasteiger partial charge in [0, 0.05) is 42.1 Å². The van der Waals surface area contributed by atoms with Gasteiger partial charge in [0.05, 0.1) is 5.69 Å². The molecule has 2 aromatic carbocycles. The third-order valence-corrected chi connectivity index (χ3v) is 5.52. The fraction of sp³-hybridized carbons (Fsp3) is 0.208. The Morgan fingerprint density at radius 2 is 1.66 bits per heavy atom. The van der Waals surface area contributed by atoms with Crippen LogP contribution in [0, 0.1) is 11.6 Å². The van der Waals surface area contributed by atoms with E-state index in [0.717, 1.165) is 12.8 Å². The Labute approximate surface area is 182 Å². The van der Waals surface area contributed by atoms with E-state index in [0.29, 0.717) is 47.1 Å². The zero-order valence-electron chi connectivity index (χ0n) is 17.1. The number of carbonyl (C=O) groups excluding carboxylic acids is 1. The molecule has 4 aromatic rings. The van der Waals surface area contributed by atoms with E-state index in [4.69, 9.17) is 4.74 Å². The summed E-state index contributed by atoms with van der Waals surface area (Å²) in [6.07, 6.45) is 3.37. The maximum absolute atomic E-state index is 13.6. The molecule has 0 radical (unpaired) electrons. The number of benzene rings is 2. The second kappa shape index (κ2) is 8.47. The van der Waals surface area contributed by atoms with Crippen molar-refractivity contribution in [3.8, 4) is 5.69 Å². The number of anilines is 1. The quantitative estimate of drug-likeness (QED) is 0.468. The SMILES string of the molecule is O=C(c1ccc(F)cc1)c1cc2cnc(NC3CCOCC3)nc2n1-c1ccc(F)cc1. The summed E-state index contributed by atoms with van der Waals surface area (Å²) in [6.45, 7) is 1.37. The van der Waals surface area contributed by atoms with Gasteiger partial charge in [0.1, 0.15) is 11.6 Å². The summed E-state index contributed by atoms with van der Waals surface area (Å²) in [5.41, 5.74) is 1.77. The highest BCUT2D eigenvalue weighted by Crippen LogP contribution is 2.26. The Kier molecular flexibility index (Phi) is 5.36. The van der Waals surface area contributed by atoms with E-state index >= 15 is 0 Å². The van der Waals surface area contributed by atoms with Crippen LogP contribution in [0.1, 0.15) is 28.9 Å². The molecule has 0 atom stereocenters. The van der Waals surface area contributed by atoms with Crippen LogP contribution >= 0.6 is 0 Å². The van der Waals surface area contributed by atoms with Crippen LogP contribution in [0.15, 0.2) is 60.8 Å². The average molecular weight is 434 g/mol. The van der Waals surface area contributed by atoms with E-state index in [2.05, 4.69) is 15.3 Å². The first-order chi connectivity index (χ1) is 15.6. The third kappa shape index (κ3) is 3.97. The van der Waals surface area contributed by atoms with Gasteiger partial charge in [0.25, 0.3) is 0 Å². The van der Waals surface area contributed by atoms with Crippen LogP contribution in [-0.2, 0) is 4.74 Å². The molecule has 6 nitrogen and oxygen atoms in total. The molecule has 2 aromatic heterocycles. The van der Waals surface area contributed by atoms with Gasteiger partial charge in [0.2, 0.25) is 11.7 Å². The number of nitrogens with one attached hydrogen (secondary N) is 1. The lowest BCUT2D eigenvalue weighted by Crippen LogP contribution is -2.28. The Morgan fingerprint density at radius 3 is 2.34 bits per heavy atom. The van der Waals surface area contributed by atoms with Crippen molar-refractivity contribution in [1.29, 1.82) is 0 Å². The molecule has 1 aliphatic heterocycles. The van der Waals surface area contributed by atoms with Gasteiger partial charge >= 0.3 is 0 Å². The number of halogens is 2. The van der Waals surface area contributed by atoms with Crippen LogP contribution in [0.5, 0.6) is 0 Å². The molecular weight excluding hydrogens is 414 g/mol. The Bertz CT molecular complexity index is 1260. The number of ether oxygens (including phenoxy) is 1. The maximum Gasteiger partial charge on any atom is 0.224 e. The van der Waals surface area contributed by atoms with E-state index in [-0.39, 0.29) is 17.6 Å². The van der Waals surface area contributed by atoms with E-state index in [1.165, 1.54) is 36.4 Å². The van der Waals surface area contributed by atoms with Crippen LogP contribution in [0.4, 0.5) is 14.7 Å². The van der Waals surface area contributed by atoms with E-state index in [9.17, 15) is 13.6 Å². The van der Waals surface area contributed by atoms with E-state index < -0.39 is 5.82 Å². The van der Waals surface area contributed by atoms with Crippen molar-refractivity contribution in [2.75, 3.05) is 18.5 Å². The molecule has 8 heteroatoms. The first-order valence-electron chi connectivity index (χ1n) is 10.4. The highest BCUT2D eigenvalue weighted by Gasteiger charge is 2.21. The lowest BCUT2D eigenvalue weighted by molar-refractivity contribution is 0.0903. The van der Waals surface area contributed by atoms with E-state index in [1.54, 1.807) is 29.0 Å². The average Bonchev–Trinajstić information content (AvgIpc) is 3.19. The molecular formula is C24H20F2N4O2. The van der Waals surface area contributed by atoms with Gasteiger partial charge < -0.3 is 10.1 Å². The van der Waals surface area contributed by atoms with Crippen molar-refractivity contribution in [3.05, 3.63) is 83.7 Å². The summed E-state index contributed by atoms with van der Waals surface area (Å²) < 4.78 is 34.0. The molecule has 1 saturated heterocycles. The molecule has 162 valence electrons. The molecule has 3 heterocycles. The van der Waals surface area contributed by atoms with Gasteiger partial charge in [-0.2, -0.15) is 4.98 Å². The zero-order valence-corrected chi connectivity index (χ0v) is 17.1. The number of nitrogens with zero attached hydrogens (tertiary/aromatic N) is 3. The third-order valence-electron chi connectivity index (χ3n) is 5.52. The number of ketones is 1. The minimum atomic E-state index is -0.421. The standard InChI is InChI=1S/C24H20F2N4O2/c25-17-3-1-15(2-4-17)22(31)21-13-16-14-27-24(28-19-9-11-32-12-10-19)29-23(16)30(21)20-7-5-18(26)6-8-20/h1-8,13-14,19H,9-12H2,(H,27,28,29). The molecule has 0 bridgehead atoms. The van der Waals surface area contributed by atoms with Crippen molar-refractivity contribution in [2.24, 2.45) is 0 Å². The van der Waals surface area contributed by atoms with Gasteiger partial charge in [-0.1, -0.05) is 0 Å². The summed E-state index contributed by atoms with van der Waals surface area (Å²) in [5, 5.41) is 4.00. The lowest BCUT2D eigenvalue weighted by Gasteiger charge is -2.23. The molecule has 0 amide bonds. The summed E-state index contributed by atoms with van der Waals surface area (Å²) in [6, 6.07) is 13.1. The van der Waals surface area contributed by atoms with Gasteiger partial charge in [-0.05, 0) is 67.4 Å². The molecule has 0 unspecified atom stereocenters. The van der Waals surface area contributed by atoms with Gasteiger partial charge in [-0.15, -0.1) is 0 Å². The largest absolute Gasteiger partial charge is 0.381 e. The Balaban J connectivity index is 1.62. The second-order valence-electron chi connectivity index (χ2n) is 7.68. The van der Waals surface area contributed by atoms with Crippen LogP contribution < -0.4 is 5.32 Å². The molecule has 1 aliphatic rings. The molecule has 1 N–H and O–H groups in total. The van der Waals surface area contributed by atoms with Crippen LogP contribution in [0.2, 0.25) is 0 Å². The number of aromatic nitrogens is 3. The van der Waals surface area contributed by atoms with Crippen LogP contribution in [0.25, 0.3) is 16.7 Å². The Hall–Kier alpha value is -3.65. The molecule has 5 rings (SSSR count).